The van der Waals surface area contributed by atoms with Crippen LogP contribution in [0.3, 0.4) is 0 Å². The van der Waals surface area contributed by atoms with Gasteiger partial charge in [0.05, 0.1) is 0 Å². The van der Waals surface area contributed by atoms with Gasteiger partial charge >= 0.3 is 0 Å². The van der Waals surface area contributed by atoms with Gasteiger partial charge in [-0.25, -0.2) is 0 Å². The van der Waals surface area contributed by atoms with Gasteiger partial charge < -0.3 is 15.5 Å². The highest BCUT2D eigenvalue weighted by molar-refractivity contribution is 5.79. The highest BCUT2D eigenvalue weighted by atomic mass is 15.2. The molecule has 0 aliphatic heterocycles. The Morgan fingerprint density at radius 2 is 2.00 bits per heavy atom. The van der Waals surface area contributed by atoms with Crippen LogP contribution in [0.15, 0.2) is 35.3 Å². The van der Waals surface area contributed by atoms with Crippen LogP contribution in [0.2, 0.25) is 0 Å². The van der Waals surface area contributed by atoms with Crippen molar-refractivity contribution in [3.05, 3.63) is 35.9 Å². The second kappa shape index (κ2) is 8.67. The van der Waals surface area contributed by atoms with E-state index in [1.54, 1.807) is 0 Å². The summed E-state index contributed by atoms with van der Waals surface area (Å²) in [6, 6.07) is 10.6. The molecule has 2 N–H and O–H groups in total. The van der Waals surface area contributed by atoms with Crippen molar-refractivity contribution in [3.8, 4) is 0 Å². The van der Waals surface area contributed by atoms with Crippen molar-refractivity contribution >= 4 is 5.96 Å². The summed E-state index contributed by atoms with van der Waals surface area (Å²) in [6.45, 7) is 4.12. The van der Waals surface area contributed by atoms with Gasteiger partial charge in [0.2, 0.25) is 0 Å². The Morgan fingerprint density at radius 3 is 2.67 bits per heavy atom. The molecule has 2 rings (SSSR count). The maximum atomic E-state index is 4.25. The van der Waals surface area contributed by atoms with E-state index in [1.165, 1.54) is 18.4 Å². The molecule has 0 bridgehead atoms. The summed E-state index contributed by atoms with van der Waals surface area (Å²) >= 11 is 0. The van der Waals surface area contributed by atoms with Gasteiger partial charge in [-0.3, -0.25) is 4.99 Å². The van der Waals surface area contributed by atoms with E-state index in [0.29, 0.717) is 0 Å². The monoisotopic (exact) mass is 288 g/mol. The number of hydrogen-bond donors (Lipinski definition) is 2. The van der Waals surface area contributed by atoms with Gasteiger partial charge in [-0.15, -0.1) is 0 Å². The molecule has 0 amide bonds. The lowest BCUT2D eigenvalue weighted by Gasteiger charge is -2.17. The Morgan fingerprint density at radius 1 is 1.24 bits per heavy atom. The zero-order valence-electron chi connectivity index (χ0n) is 13.3. The number of rotatable bonds is 8. The summed E-state index contributed by atoms with van der Waals surface area (Å²) < 4.78 is 0. The number of nitrogens with one attached hydrogen (secondary N) is 2. The molecule has 0 atom stereocenters. The van der Waals surface area contributed by atoms with Crippen LogP contribution in [0, 0.1) is 5.92 Å². The van der Waals surface area contributed by atoms with Gasteiger partial charge in [0.1, 0.15) is 0 Å². The smallest absolute Gasteiger partial charge is 0.190 e. The number of nitrogens with zero attached hydrogens (tertiary/aromatic N) is 2. The first kappa shape index (κ1) is 15.8. The van der Waals surface area contributed by atoms with E-state index in [2.05, 4.69) is 57.9 Å². The summed E-state index contributed by atoms with van der Waals surface area (Å²) in [7, 11) is 4.01. The molecular weight excluding hydrogens is 260 g/mol. The predicted molar refractivity (Wildman–Crippen MR) is 89.5 cm³/mol. The molecule has 0 heterocycles. The van der Waals surface area contributed by atoms with Crippen molar-refractivity contribution in [2.75, 3.05) is 33.7 Å². The number of aliphatic imine (C=N–C) groups is 1. The van der Waals surface area contributed by atoms with Crippen LogP contribution in [0.4, 0.5) is 0 Å². The molecule has 1 aromatic carbocycles. The van der Waals surface area contributed by atoms with Crippen LogP contribution in [0.25, 0.3) is 0 Å². The second-order valence-electron chi connectivity index (χ2n) is 5.90. The van der Waals surface area contributed by atoms with Crippen molar-refractivity contribution in [2.45, 2.75) is 25.8 Å². The number of guanidine groups is 1. The molecular formula is C17H28N4. The first-order valence-corrected chi connectivity index (χ1v) is 7.95. The maximum Gasteiger partial charge on any atom is 0.190 e. The summed E-state index contributed by atoms with van der Waals surface area (Å²) in [6.07, 6.45) is 3.86. The van der Waals surface area contributed by atoms with E-state index in [9.17, 15) is 0 Å². The molecule has 1 aliphatic rings. The van der Waals surface area contributed by atoms with Crippen molar-refractivity contribution in [3.63, 3.8) is 0 Å². The predicted octanol–water partition coefficient (Wildman–Crippen LogP) is 2.08. The van der Waals surface area contributed by atoms with E-state index in [-0.39, 0.29) is 0 Å². The van der Waals surface area contributed by atoms with Crippen LogP contribution >= 0.6 is 0 Å². The first-order chi connectivity index (χ1) is 10.3. The lowest BCUT2D eigenvalue weighted by Crippen LogP contribution is -2.39. The van der Waals surface area contributed by atoms with Gasteiger partial charge in [-0.1, -0.05) is 30.3 Å². The zero-order chi connectivity index (χ0) is 14.9. The molecule has 0 unspecified atom stereocenters. The molecule has 116 valence electrons. The van der Waals surface area contributed by atoms with Crippen LogP contribution < -0.4 is 10.6 Å². The fraction of sp³-hybridized carbons (Fsp3) is 0.588. The van der Waals surface area contributed by atoms with E-state index < -0.39 is 0 Å². The fourth-order valence-corrected chi connectivity index (χ4v) is 2.31. The molecule has 1 fully saturated rings. The lowest BCUT2D eigenvalue weighted by atomic mass is 10.2. The average Bonchev–Trinajstić information content (AvgIpc) is 3.32. The lowest BCUT2D eigenvalue weighted by molar-refractivity contribution is 0.322. The number of hydrogen-bond acceptors (Lipinski definition) is 2. The molecule has 0 saturated heterocycles. The molecule has 1 aromatic rings. The van der Waals surface area contributed by atoms with Gasteiger partial charge in [0.15, 0.2) is 5.96 Å². The van der Waals surface area contributed by atoms with Crippen molar-refractivity contribution in [2.24, 2.45) is 10.9 Å². The maximum absolute atomic E-state index is 4.25. The average molecular weight is 288 g/mol. The van der Waals surface area contributed by atoms with Gasteiger partial charge in [0.25, 0.3) is 0 Å². The molecule has 1 aliphatic carbocycles. The highest BCUT2D eigenvalue weighted by Crippen LogP contribution is 2.27. The van der Waals surface area contributed by atoms with Crippen molar-refractivity contribution < 1.29 is 0 Å². The van der Waals surface area contributed by atoms with Crippen LogP contribution in [0.1, 0.15) is 24.8 Å². The summed E-state index contributed by atoms with van der Waals surface area (Å²) in [5.74, 6) is 1.81. The van der Waals surface area contributed by atoms with E-state index in [1.807, 2.05) is 7.05 Å². The Balaban J connectivity index is 1.55. The van der Waals surface area contributed by atoms with Crippen LogP contribution in [-0.2, 0) is 6.54 Å². The Bertz CT molecular complexity index is 426. The largest absolute Gasteiger partial charge is 0.356 e. The molecule has 1 saturated carbocycles. The Labute approximate surface area is 128 Å². The molecule has 0 aromatic heterocycles. The summed E-state index contributed by atoms with van der Waals surface area (Å²) in [5.41, 5.74) is 1.37. The quantitative estimate of drug-likeness (QED) is 0.437. The minimum absolute atomic E-state index is 0.876. The van der Waals surface area contributed by atoms with Crippen LogP contribution in [-0.4, -0.2) is 44.6 Å². The Kier molecular flexibility index (Phi) is 6.54. The minimum Gasteiger partial charge on any atom is -0.356 e. The SMILES string of the molecule is CN=C(NCCCN(C)Cc1ccccc1)NCC1CC1. The highest BCUT2D eigenvalue weighted by Gasteiger charge is 2.20. The molecule has 4 nitrogen and oxygen atoms in total. The third-order valence-corrected chi connectivity index (χ3v) is 3.78. The molecule has 0 radical (unpaired) electrons. The van der Waals surface area contributed by atoms with E-state index in [0.717, 1.165) is 44.5 Å². The topological polar surface area (TPSA) is 39.7 Å². The second-order valence-corrected chi connectivity index (χ2v) is 5.90. The van der Waals surface area contributed by atoms with E-state index >= 15 is 0 Å². The van der Waals surface area contributed by atoms with Crippen molar-refractivity contribution in [1.29, 1.82) is 0 Å². The van der Waals surface area contributed by atoms with Gasteiger partial charge in [-0.05, 0) is 44.3 Å². The van der Waals surface area contributed by atoms with Gasteiger partial charge in [0, 0.05) is 26.7 Å². The summed E-state index contributed by atoms with van der Waals surface area (Å²) in [5, 5.41) is 6.77. The zero-order valence-corrected chi connectivity index (χ0v) is 13.3. The van der Waals surface area contributed by atoms with E-state index in [4.69, 9.17) is 0 Å². The normalized spacial score (nSPS) is 15.3. The first-order valence-electron chi connectivity index (χ1n) is 7.95. The Hall–Kier alpha value is -1.55. The van der Waals surface area contributed by atoms with Gasteiger partial charge in [-0.2, -0.15) is 0 Å². The minimum atomic E-state index is 0.876. The summed E-state index contributed by atoms with van der Waals surface area (Å²) in [4.78, 5) is 6.61. The van der Waals surface area contributed by atoms with Crippen molar-refractivity contribution in [1.82, 2.24) is 15.5 Å². The molecule has 21 heavy (non-hydrogen) atoms. The van der Waals surface area contributed by atoms with Crippen LogP contribution in [0.5, 0.6) is 0 Å². The fourth-order valence-electron chi connectivity index (χ4n) is 2.31. The number of benzene rings is 1. The standard InChI is InChI=1S/C17H28N4/c1-18-17(20-13-15-9-10-15)19-11-6-12-21(2)14-16-7-4-3-5-8-16/h3-5,7-8,15H,6,9-14H2,1-2H3,(H2,18,19,20). The third-order valence-electron chi connectivity index (χ3n) is 3.78. The molecule has 0 spiro atoms. The molecule has 4 heteroatoms. The third kappa shape index (κ3) is 6.63.